The molecular formula is C22H28FNO. The molecule has 25 heavy (non-hydrogen) atoms. The van der Waals surface area contributed by atoms with E-state index in [1.807, 2.05) is 6.07 Å². The molecule has 0 amide bonds. The van der Waals surface area contributed by atoms with Gasteiger partial charge in [-0.2, -0.15) is 0 Å². The number of rotatable bonds is 7. The van der Waals surface area contributed by atoms with Crippen molar-refractivity contribution >= 4 is 0 Å². The van der Waals surface area contributed by atoms with Gasteiger partial charge in [0.2, 0.25) is 0 Å². The molecule has 0 bridgehead atoms. The van der Waals surface area contributed by atoms with Crippen molar-refractivity contribution in [3.05, 3.63) is 64.7 Å². The summed E-state index contributed by atoms with van der Waals surface area (Å²) in [6.07, 6.45) is 4.48. The molecule has 0 saturated heterocycles. The number of hydrogen-bond donors (Lipinski definition) is 1. The summed E-state index contributed by atoms with van der Waals surface area (Å²) in [5, 5.41) is 10.0. The minimum atomic E-state index is -0.259. The first-order valence-corrected chi connectivity index (χ1v) is 9.32. The van der Waals surface area contributed by atoms with Crippen LogP contribution in [0.5, 0.6) is 5.75 Å². The lowest BCUT2D eigenvalue weighted by molar-refractivity contribution is 0.174. The Labute approximate surface area is 150 Å². The normalized spacial score (nSPS) is 16.8. The highest BCUT2D eigenvalue weighted by Crippen LogP contribution is 2.30. The van der Waals surface area contributed by atoms with E-state index in [-0.39, 0.29) is 6.67 Å². The SMILES string of the molecule is Cc1ccc(CCN(CCC[18F])C2CCc3c(O)cccc3C2)cc1. The highest BCUT2D eigenvalue weighted by Gasteiger charge is 2.25. The quantitative estimate of drug-likeness (QED) is 0.804. The van der Waals surface area contributed by atoms with E-state index >= 15 is 0 Å². The summed E-state index contributed by atoms with van der Waals surface area (Å²) in [5.74, 6) is 0.422. The minimum Gasteiger partial charge on any atom is -0.508 e. The zero-order chi connectivity index (χ0) is 17.6. The molecule has 1 unspecified atom stereocenters. The number of aromatic hydroxyl groups is 1. The van der Waals surface area contributed by atoms with Crippen molar-refractivity contribution in [3.63, 3.8) is 0 Å². The summed E-state index contributed by atoms with van der Waals surface area (Å²) >= 11 is 0. The maximum Gasteiger partial charge on any atom is 0.119 e. The van der Waals surface area contributed by atoms with Crippen LogP contribution >= 0.6 is 0 Å². The smallest absolute Gasteiger partial charge is 0.119 e. The summed E-state index contributed by atoms with van der Waals surface area (Å²) in [7, 11) is 0. The third-order valence-electron chi connectivity index (χ3n) is 5.34. The summed E-state index contributed by atoms with van der Waals surface area (Å²) in [5.41, 5.74) is 4.96. The molecule has 0 radical (unpaired) electrons. The second-order valence-electron chi connectivity index (χ2n) is 7.13. The van der Waals surface area contributed by atoms with E-state index in [0.29, 0.717) is 18.2 Å². The Morgan fingerprint density at radius 3 is 2.68 bits per heavy atom. The largest absolute Gasteiger partial charge is 0.508 e. The van der Waals surface area contributed by atoms with Crippen LogP contribution < -0.4 is 0 Å². The van der Waals surface area contributed by atoms with Crippen molar-refractivity contribution in [3.8, 4) is 5.75 Å². The lowest BCUT2D eigenvalue weighted by Crippen LogP contribution is -2.41. The van der Waals surface area contributed by atoms with Gasteiger partial charge in [0.15, 0.2) is 0 Å². The van der Waals surface area contributed by atoms with Crippen LogP contribution in [0.3, 0.4) is 0 Å². The summed E-state index contributed by atoms with van der Waals surface area (Å²) in [4.78, 5) is 2.45. The Morgan fingerprint density at radius 2 is 1.92 bits per heavy atom. The number of nitrogens with zero attached hydrogens (tertiary/aromatic N) is 1. The summed E-state index contributed by atoms with van der Waals surface area (Å²) < 4.78 is 12.8. The van der Waals surface area contributed by atoms with E-state index in [4.69, 9.17) is 0 Å². The van der Waals surface area contributed by atoms with Gasteiger partial charge in [0.25, 0.3) is 0 Å². The number of alkyl halides is 1. The lowest BCUT2D eigenvalue weighted by atomic mass is 9.86. The van der Waals surface area contributed by atoms with E-state index in [1.54, 1.807) is 6.07 Å². The number of phenols is 1. The van der Waals surface area contributed by atoms with Gasteiger partial charge in [0.1, 0.15) is 5.75 Å². The van der Waals surface area contributed by atoms with Crippen LogP contribution in [0.2, 0.25) is 0 Å². The first-order chi connectivity index (χ1) is 12.2. The van der Waals surface area contributed by atoms with Crippen molar-refractivity contribution in [2.75, 3.05) is 19.8 Å². The lowest BCUT2D eigenvalue weighted by Gasteiger charge is -2.35. The molecule has 1 aliphatic carbocycles. The van der Waals surface area contributed by atoms with Crippen molar-refractivity contribution in [2.24, 2.45) is 0 Å². The van der Waals surface area contributed by atoms with Gasteiger partial charge in [-0.05, 0) is 61.8 Å². The highest BCUT2D eigenvalue weighted by molar-refractivity contribution is 5.41. The van der Waals surface area contributed by atoms with Crippen LogP contribution in [-0.2, 0) is 19.3 Å². The fraction of sp³-hybridized carbons (Fsp3) is 0.455. The minimum absolute atomic E-state index is 0.259. The summed E-state index contributed by atoms with van der Waals surface area (Å²) in [6, 6.07) is 14.9. The van der Waals surface area contributed by atoms with Crippen LogP contribution in [0.25, 0.3) is 0 Å². The predicted octanol–water partition coefficient (Wildman–Crippen LogP) is 4.46. The molecule has 0 aromatic heterocycles. The van der Waals surface area contributed by atoms with Crippen molar-refractivity contribution in [1.82, 2.24) is 4.90 Å². The number of benzene rings is 2. The Balaban J connectivity index is 1.67. The van der Waals surface area contributed by atoms with E-state index < -0.39 is 0 Å². The molecule has 0 fully saturated rings. The summed E-state index contributed by atoms with van der Waals surface area (Å²) in [6.45, 7) is 3.61. The Hall–Kier alpha value is -1.87. The van der Waals surface area contributed by atoms with Gasteiger partial charge in [-0.3, -0.25) is 9.29 Å². The van der Waals surface area contributed by atoms with Crippen LogP contribution in [-0.4, -0.2) is 35.8 Å². The second-order valence-corrected chi connectivity index (χ2v) is 7.13. The van der Waals surface area contributed by atoms with Gasteiger partial charge >= 0.3 is 0 Å². The molecule has 0 spiro atoms. The first-order valence-electron chi connectivity index (χ1n) is 9.32. The third kappa shape index (κ3) is 4.60. The number of halogens is 1. The molecule has 3 rings (SSSR count). The third-order valence-corrected chi connectivity index (χ3v) is 5.34. The number of hydrogen-bond acceptors (Lipinski definition) is 2. The standard InChI is InChI=1S/C22H28FNO/c1-17-6-8-18(9-7-17)12-15-24(14-3-13-23)20-10-11-21-19(16-20)4-2-5-22(21)25/h2,4-9,20,25H,3,10-16H2,1H3/i23-1. The maximum absolute atomic E-state index is 12.8. The fourth-order valence-electron chi connectivity index (χ4n) is 3.85. The van der Waals surface area contributed by atoms with E-state index in [9.17, 15) is 9.50 Å². The Bertz CT molecular complexity index is 683. The molecule has 2 aromatic rings. The molecule has 0 saturated carbocycles. The van der Waals surface area contributed by atoms with Gasteiger partial charge < -0.3 is 5.11 Å². The van der Waals surface area contributed by atoms with Crippen molar-refractivity contribution in [2.45, 2.75) is 45.1 Å². The molecule has 3 heteroatoms. The van der Waals surface area contributed by atoms with Crippen LogP contribution in [0.1, 0.15) is 35.1 Å². The molecule has 0 aliphatic heterocycles. The van der Waals surface area contributed by atoms with E-state index in [0.717, 1.165) is 44.3 Å². The Morgan fingerprint density at radius 1 is 1.12 bits per heavy atom. The second kappa shape index (κ2) is 8.48. The zero-order valence-corrected chi connectivity index (χ0v) is 15.0. The van der Waals surface area contributed by atoms with E-state index in [1.165, 1.54) is 16.7 Å². The number of aryl methyl sites for hydroxylation is 1. The molecule has 134 valence electrons. The predicted molar refractivity (Wildman–Crippen MR) is 101 cm³/mol. The van der Waals surface area contributed by atoms with Crippen molar-refractivity contribution < 1.29 is 9.50 Å². The molecule has 2 nitrogen and oxygen atoms in total. The van der Waals surface area contributed by atoms with Gasteiger partial charge in [0.05, 0.1) is 6.67 Å². The number of fused-ring (bicyclic) bond motifs is 1. The van der Waals surface area contributed by atoms with Crippen LogP contribution in [0.4, 0.5) is 4.39 Å². The van der Waals surface area contributed by atoms with Gasteiger partial charge in [-0.15, -0.1) is 0 Å². The molecule has 1 atom stereocenters. The van der Waals surface area contributed by atoms with E-state index in [2.05, 4.69) is 42.2 Å². The fourth-order valence-corrected chi connectivity index (χ4v) is 3.85. The van der Waals surface area contributed by atoms with Gasteiger partial charge in [-0.1, -0.05) is 42.0 Å². The number of phenolic OH excluding ortho intramolecular Hbond substituents is 1. The molecule has 0 heterocycles. The Kier molecular flexibility index (Phi) is 6.09. The average molecular weight is 340 g/mol. The topological polar surface area (TPSA) is 23.5 Å². The highest BCUT2D eigenvalue weighted by atomic mass is 18.2. The molecular weight excluding hydrogens is 312 g/mol. The average Bonchev–Trinajstić information content (AvgIpc) is 2.63. The zero-order valence-electron chi connectivity index (χ0n) is 15.0. The van der Waals surface area contributed by atoms with Gasteiger partial charge in [-0.25, -0.2) is 0 Å². The first kappa shape index (κ1) is 17.9. The molecule has 2 aromatic carbocycles. The van der Waals surface area contributed by atoms with Crippen molar-refractivity contribution in [1.29, 1.82) is 0 Å². The molecule has 1 N–H and O–H groups in total. The van der Waals surface area contributed by atoms with Gasteiger partial charge in [0, 0.05) is 19.1 Å². The van der Waals surface area contributed by atoms with Crippen LogP contribution in [0.15, 0.2) is 42.5 Å². The molecule has 1 aliphatic rings. The monoisotopic (exact) mass is 340 g/mol. The van der Waals surface area contributed by atoms with Crippen LogP contribution in [0, 0.1) is 6.92 Å². The maximum atomic E-state index is 12.8.